The Balaban J connectivity index is 2.08. The maximum absolute atomic E-state index is 10.0. The molecule has 0 amide bonds. The average molecular weight is 253 g/mol. The summed E-state index contributed by atoms with van der Waals surface area (Å²) >= 11 is 0. The number of aromatic amines is 1. The number of rotatable bonds is 3. The van der Waals surface area contributed by atoms with E-state index in [0.29, 0.717) is 17.2 Å². The first-order valence-electron chi connectivity index (χ1n) is 5.75. The second-order valence-electron chi connectivity index (χ2n) is 3.93. The molecule has 19 heavy (non-hydrogen) atoms. The Labute approximate surface area is 109 Å². The van der Waals surface area contributed by atoms with Crippen LogP contribution in [0.2, 0.25) is 0 Å². The number of aromatic hydroxyl groups is 1. The third-order valence-corrected chi connectivity index (χ3v) is 2.67. The molecule has 0 saturated heterocycles. The minimum atomic E-state index is 0.159. The van der Waals surface area contributed by atoms with Crippen molar-refractivity contribution >= 4 is 0 Å². The molecule has 5 nitrogen and oxygen atoms in total. The predicted octanol–water partition coefficient (Wildman–Crippen LogP) is 2.97. The van der Waals surface area contributed by atoms with Crippen LogP contribution in [0.15, 0.2) is 54.7 Å². The summed E-state index contributed by atoms with van der Waals surface area (Å²) in [5.41, 5.74) is 1.50. The molecule has 0 aliphatic carbocycles. The Morgan fingerprint density at radius 3 is 2.58 bits per heavy atom. The SMILES string of the molecule is Oc1cccc(Oc2cn[nH]n2)c1-c1ccccc1. The number of hydrogen-bond donors (Lipinski definition) is 2. The molecule has 0 spiro atoms. The summed E-state index contributed by atoms with van der Waals surface area (Å²) in [7, 11) is 0. The van der Waals surface area contributed by atoms with Gasteiger partial charge in [0.05, 0.1) is 5.56 Å². The van der Waals surface area contributed by atoms with E-state index in [4.69, 9.17) is 4.74 Å². The van der Waals surface area contributed by atoms with E-state index >= 15 is 0 Å². The topological polar surface area (TPSA) is 71.0 Å². The standard InChI is InChI=1S/C14H11N3O2/c18-11-7-4-8-12(19-13-9-15-17-16-13)14(11)10-5-2-1-3-6-10/h1-9,18H,(H,15,16,17). The molecule has 0 radical (unpaired) electrons. The number of benzene rings is 2. The summed E-state index contributed by atoms with van der Waals surface area (Å²) in [5, 5.41) is 20.0. The average Bonchev–Trinajstić information content (AvgIpc) is 2.93. The van der Waals surface area contributed by atoms with Crippen LogP contribution in [0.5, 0.6) is 17.4 Å². The molecule has 0 saturated carbocycles. The van der Waals surface area contributed by atoms with E-state index in [2.05, 4.69) is 15.4 Å². The van der Waals surface area contributed by atoms with Crippen molar-refractivity contribution in [2.24, 2.45) is 0 Å². The van der Waals surface area contributed by atoms with Gasteiger partial charge in [0.25, 0.3) is 5.88 Å². The highest BCUT2D eigenvalue weighted by Gasteiger charge is 2.12. The van der Waals surface area contributed by atoms with Crippen molar-refractivity contribution in [1.29, 1.82) is 0 Å². The lowest BCUT2D eigenvalue weighted by atomic mass is 10.0. The van der Waals surface area contributed by atoms with E-state index in [1.54, 1.807) is 18.2 Å². The zero-order valence-electron chi connectivity index (χ0n) is 9.95. The Morgan fingerprint density at radius 2 is 1.84 bits per heavy atom. The molecule has 1 aromatic heterocycles. The number of nitrogens with zero attached hydrogens (tertiary/aromatic N) is 2. The molecular formula is C14H11N3O2. The zero-order valence-corrected chi connectivity index (χ0v) is 9.95. The highest BCUT2D eigenvalue weighted by atomic mass is 16.5. The quantitative estimate of drug-likeness (QED) is 0.752. The lowest BCUT2D eigenvalue weighted by Gasteiger charge is -2.10. The molecule has 0 atom stereocenters. The fourth-order valence-corrected chi connectivity index (χ4v) is 1.85. The third kappa shape index (κ3) is 2.26. The highest BCUT2D eigenvalue weighted by Crippen LogP contribution is 2.38. The van der Waals surface area contributed by atoms with Gasteiger partial charge in [-0.2, -0.15) is 10.3 Å². The van der Waals surface area contributed by atoms with E-state index in [-0.39, 0.29) is 5.75 Å². The summed E-state index contributed by atoms with van der Waals surface area (Å²) in [5.74, 6) is 1.04. The summed E-state index contributed by atoms with van der Waals surface area (Å²) in [6, 6.07) is 14.7. The first-order valence-corrected chi connectivity index (χ1v) is 5.75. The number of phenols is 1. The molecule has 0 unspecified atom stereocenters. The molecule has 0 aliphatic heterocycles. The molecule has 0 aliphatic rings. The van der Waals surface area contributed by atoms with Crippen molar-refractivity contribution in [1.82, 2.24) is 15.4 Å². The van der Waals surface area contributed by atoms with E-state index < -0.39 is 0 Å². The molecule has 3 aromatic rings. The fraction of sp³-hybridized carbons (Fsp3) is 0. The molecule has 2 aromatic carbocycles. The Hall–Kier alpha value is -2.82. The predicted molar refractivity (Wildman–Crippen MR) is 70.0 cm³/mol. The second kappa shape index (κ2) is 4.81. The van der Waals surface area contributed by atoms with Crippen LogP contribution in [0.3, 0.4) is 0 Å². The molecular weight excluding hydrogens is 242 g/mol. The van der Waals surface area contributed by atoms with Crippen LogP contribution in [-0.4, -0.2) is 20.5 Å². The Kier molecular flexibility index (Phi) is 2.86. The lowest BCUT2D eigenvalue weighted by Crippen LogP contribution is -1.89. The lowest BCUT2D eigenvalue weighted by molar-refractivity contribution is 0.448. The van der Waals surface area contributed by atoms with Crippen LogP contribution < -0.4 is 4.74 Å². The van der Waals surface area contributed by atoms with Gasteiger partial charge in [0.2, 0.25) is 0 Å². The molecule has 3 rings (SSSR count). The number of nitrogens with one attached hydrogen (secondary N) is 1. The molecule has 0 bridgehead atoms. The van der Waals surface area contributed by atoms with Crippen LogP contribution in [0, 0.1) is 0 Å². The summed E-state index contributed by atoms with van der Waals surface area (Å²) in [6.45, 7) is 0. The summed E-state index contributed by atoms with van der Waals surface area (Å²) < 4.78 is 5.62. The minimum Gasteiger partial charge on any atom is -0.507 e. The van der Waals surface area contributed by atoms with Gasteiger partial charge in [-0.15, -0.1) is 5.10 Å². The molecule has 0 fully saturated rings. The Bertz CT molecular complexity index is 666. The first kappa shape index (κ1) is 11.3. The molecule has 5 heteroatoms. The maximum Gasteiger partial charge on any atom is 0.258 e. The van der Waals surface area contributed by atoms with E-state index in [1.165, 1.54) is 6.20 Å². The van der Waals surface area contributed by atoms with Gasteiger partial charge in [-0.3, -0.25) is 0 Å². The van der Waals surface area contributed by atoms with Gasteiger partial charge in [0.1, 0.15) is 17.7 Å². The van der Waals surface area contributed by atoms with Crippen LogP contribution in [0.25, 0.3) is 11.1 Å². The fourth-order valence-electron chi connectivity index (χ4n) is 1.85. The summed E-state index contributed by atoms with van der Waals surface area (Å²) in [6.07, 6.45) is 1.47. The monoisotopic (exact) mass is 253 g/mol. The second-order valence-corrected chi connectivity index (χ2v) is 3.93. The van der Waals surface area contributed by atoms with Crippen LogP contribution in [0.4, 0.5) is 0 Å². The van der Waals surface area contributed by atoms with E-state index in [0.717, 1.165) is 5.56 Å². The molecule has 94 valence electrons. The van der Waals surface area contributed by atoms with E-state index in [1.807, 2.05) is 30.3 Å². The van der Waals surface area contributed by atoms with Crippen LogP contribution in [-0.2, 0) is 0 Å². The number of phenolic OH excluding ortho intramolecular Hbond substituents is 1. The van der Waals surface area contributed by atoms with Gasteiger partial charge in [0, 0.05) is 0 Å². The van der Waals surface area contributed by atoms with Gasteiger partial charge >= 0.3 is 0 Å². The van der Waals surface area contributed by atoms with Crippen molar-refractivity contribution in [2.75, 3.05) is 0 Å². The largest absolute Gasteiger partial charge is 0.507 e. The molecule has 1 heterocycles. The van der Waals surface area contributed by atoms with E-state index in [9.17, 15) is 5.11 Å². The first-order chi connectivity index (χ1) is 9.34. The van der Waals surface area contributed by atoms with Crippen molar-refractivity contribution in [2.45, 2.75) is 0 Å². The van der Waals surface area contributed by atoms with Gasteiger partial charge in [-0.05, 0) is 17.7 Å². The summed E-state index contributed by atoms with van der Waals surface area (Å²) in [4.78, 5) is 0. The van der Waals surface area contributed by atoms with Gasteiger partial charge in [-0.1, -0.05) is 36.4 Å². The van der Waals surface area contributed by atoms with Crippen LogP contribution >= 0.6 is 0 Å². The van der Waals surface area contributed by atoms with Gasteiger partial charge in [0.15, 0.2) is 0 Å². The minimum absolute atomic E-state index is 0.159. The normalized spacial score (nSPS) is 10.3. The van der Waals surface area contributed by atoms with Crippen molar-refractivity contribution in [3.63, 3.8) is 0 Å². The number of aromatic nitrogens is 3. The third-order valence-electron chi connectivity index (χ3n) is 2.67. The van der Waals surface area contributed by atoms with Crippen LogP contribution in [0.1, 0.15) is 0 Å². The zero-order chi connectivity index (χ0) is 13.1. The maximum atomic E-state index is 10.0. The van der Waals surface area contributed by atoms with Gasteiger partial charge < -0.3 is 9.84 Å². The van der Waals surface area contributed by atoms with Crippen molar-refractivity contribution in [3.8, 4) is 28.5 Å². The van der Waals surface area contributed by atoms with Gasteiger partial charge in [-0.25, -0.2) is 0 Å². The number of hydrogen-bond acceptors (Lipinski definition) is 4. The van der Waals surface area contributed by atoms with Crippen molar-refractivity contribution in [3.05, 3.63) is 54.7 Å². The Morgan fingerprint density at radius 1 is 1.00 bits per heavy atom. The smallest absolute Gasteiger partial charge is 0.258 e. The highest BCUT2D eigenvalue weighted by molar-refractivity contribution is 5.76. The van der Waals surface area contributed by atoms with Crippen molar-refractivity contribution < 1.29 is 9.84 Å². The number of ether oxygens (including phenoxy) is 1. The number of H-pyrrole nitrogens is 1. The molecule has 2 N–H and O–H groups in total.